The molecule has 0 aliphatic carbocycles. The fourth-order valence-electron chi connectivity index (χ4n) is 1.49. The van der Waals surface area contributed by atoms with E-state index in [0.717, 1.165) is 21.1 Å². The van der Waals surface area contributed by atoms with Crippen LogP contribution in [-0.4, -0.2) is 30.8 Å². The van der Waals surface area contributed by atoms with E-state index in [0.29, 0.717) is 5.13 Å². The number of sulfone groups is 1. The zero-order chi connectivity index (χ0) is 15.6. The first-order valence-electron chi connectivity index (χ1n) is 5.98. The lowest BCUT2D eigenvalue weighted by atomic mass is 10.2. The molecule has 0 spiro atoms. The van der Waals surface area contributed by atoms with Crippen LogP contribution < -0.4 is 5.32 Å². The summed E-state index contributed by atoms with van der Waals surface area (Å²) < 4.78 is 23.8. The first kappa shape index (κ1) is 16.4. The van der Waals surface area contributed by atoms with Crippen molar-refractivity contribution in [1.29, 1.82) is 0 Å². The molecule has 1 heterocycles. The highest BCUT2D eigenvalue weighted by atomic mass is 127. The van der Waals surface area contributed by atoms with E-state index < -0.39 is 21.0 Å². The van der Waals surface area contributed by atoms with Gasteiger partial charge in [0.05, 0.1) is 5.69 Å². The Bertz CT molecular complexity index is 754. The van der Waals surface area contributed by atoms with Gasteiger partial charge < -0.3 is 5.32 Å². The predicted octanol–water partition coefficient (Wildman–Crippen LogP) is 2.79. The Morgan fingerprint density at radius 1 is 1.33 bits per heavy atom. The van der Waals surface area contributed by atoms with Crippen LogP contribution in [0.15, 0.2) is 29.6 Å². The standard InChI is InChI=1S/C13H13IN2O3S2/c1-8(21(2,18)19)12(17)16-13-15-11(7-20-13)9-3-5-10(14)6-4-9/h3-8H,1-2H3,(H,15,16,17). The molecule has 1 N–H and O–H groups in total. The summed E-state index contributed by atoms with van der Waals surface area (Å²) >= 11 is 3.49. The second-order valence-corrected chi connectivity index (χ2v) is 8.98. The lowest BCUT2D eigenvalue weighted by Crippen LogP contribution is -2.31. The highest BCUT2D eigenvalue weighted by molar-refractivity contribution is 14.1. The molecule has 1 amide bonds. The molecule has 1 unspecified atom stereocenters. The second kappa shape index (κ2) is 6.41. The minimum absolute atomic E-state index is 0.393. The van der Waals surface area contributed by atoms with E-state index in [9.17, 15) is 13.2 Å². The number of hydrogen-bond acceptors (Lipinski definition) is 5. The number of nitrogens with one attached hydrogen (secondary N) is 1. The van der Waals surface area contributed by atoms with Gasteiger partial charge in [-0.1, -0.05) is 12.1 Å². The largest absolute Gasteiger partial charge is 0.301 e. The molecule has 0 bridgehead atoms. The van der Waals surface area contributed by atoms with Crippen LogP contribution in [0.2, 0.25) is 0 Å². The third-order valence-corrected chi connectivity index (χ3v) is 5.86. The number of benzene rings is 1. The van der Waals surface area contributed by atoms with Crippen LogP contribution in [0.3, 0.4) is 0 Å². The fraction of sp³-hybridized carbons (Fsp3) is 0.231. The Balaban J connectivity index is 2.14. The highest BCUT2D eigenvalue weighted by Gasteiger charge is 2.24. The van der Waals surface area contributed by atoms with Crippen LogP contribution >= 0.6 is 33.9 Å². The van der Waals surface area contributed by atoms with Crippen LogP contribution in [0.5, 0.6) is 0 Å². The van der Waals surface area contributed by atoms with Crippen molar-refractivity contribution >= 4 is 54.8 Å². The number of aromatic nitrogens is 1. The van der Waals surface area contributed by atoms with Gasteiger partial charge in [0, 0.05) is 20.8 Å². The van der Waals surface area contributed by atoms with E-state index in [-0.39, 0.29) is 0 Å². The molecule has 112 valence electrons. The van der Waals surface area contributed by atoms with Gasteiger partial charge in [0.1, 0.15) is 5.25 Å². The quantitative estimate of drug-likeness (QED) is 0.749. The van der Waals surface area contributed by atoms with Gasteiger partial charge in [-0.25, -0.2) is 13.4 Å². The summed E-state index contributed by atoms with van der Waals surface area (Å²) in [6.07, 6.45) is 1.04. The first-order valence-corrected chi connectivity index (χ1v) is 9.90. The number of rotatable bonds is 4. The molecule has 8 heteroatoms. The van der Waals surface area contributed by atoms with Gasteiger partial charge >= 0.3 is 0 Å². The third kappa shape index (κ3) is 4.24. The smallest absolute Gasteiger partial charge is 0.244 e. The summed E-state index contributed by atoms with van der Waals surface area (Å²) in [5.74, 6) is -0.569. The summed E-state index contributed by atoms with van der Waals surface area (Å²) in [5, 5.41) is 3.66. The van der Waals surface area contributed by atoms with E-state index in [1.54, 1.807) is 0 Å². The van der Waals surface area contributed by atoms with Crippen LogP contribution in [-0.2, 0) is 14.6 Å². The van der Waals surface area contributed by atoms with Gasteiger partial charge in [-0.15, -0.1) is 11.3 Å². The van der Waals surface area contributed by atoms with Gasteiger partial charge in [0.25, 0.3) is 0 Å². The molecule has 5 nitrogen and oxygen atoms in total. The van der Waals surface area contributed by atoms with E-state index in [1.165, 1.54) is 18.3 Å². The Morgan fingerprint density at radius 2 is 1.95 bits per heavy atom. The maximum Gasteiger partial charge on any atom is 0.244 e. The second-order valence-electron chi connectivity index (χ2n) is 4.51. The molecular formula is C13H13IN2O3S2. The minimum atomic E-state index is -3.41. The molecule has 1 aromatic heterocycles. The minimum Gasteiger partial charge on any atom is -0.301 e. The van der Waals surface area contributed by atoms with E-state index in [4.69, 9.17) is 0 Å². The molecule has 1 aromatic carbocycles. The topological polar surface area (TPSA) is 76.1 Å². The number of carbonyl (C=O) groups is 1. The van der Waals surface area contributed by atoms with Crippen molar-refractivity contribution in [3.8, 4) is 11.3 Å². The zero-order valence-corrected chi connectivity index (χ0v) is 15.1. The number of amides is 1. The molecule has 0 saturated heterocycles. The normalized spacial score (nSPS) is 12.9. The summed E-state index contributed by atoms with van der Waals surface area (Å²) in [6, 6.07) is 7.83. The molecule has 1 atom stereocenters. The first-order chi connectivity index (χ1) is 9.77. The van der Waals surface area contributed by atoms with Crippen molar-refractivity contribution in [2.75, 3.05) is 11.6 Å². The molecule has 2 rings (SSSR count). The van der Waals surface area contributed by atoms with Gasteiger partial charge in [-0.2, -0.15) is 0 Å². The summed E-state index contributed by atoms with van der Waals surface area (Å²) in [5.41, 5.74) is 1.70. The van der Waals surface area contributed by atoms with Crippen LogP contribution in [0.1, 0.15) is 6.92 Å². The van der Waals surface area contributed by atoms with Gasteiger partial charge in [-0.05, 0) is 41.6 Å². The Labute approximate surface area is 140 Å². The molecular weight excluding hydrogens is 423 g/mol. The predicted molar refractivity (Wildman–Crippen MR) is 93.2 cm³/mol. The van der Waals surface area contributed by atoms with Crippen molar-refractivity contribution in [3.63, 3.8) is 0 Å². The van der Waals surface area contributed by atoms with E-state index in [2.05, 4.69) is 32.9 Å². The molecule has 0 fully saturated rings. The maximum absolute atomic E-state index is 11.8. The van der Waals surface area contributed by atoms with Crippen molar-refractivity contribution in [2.24, 2.45) is 0 Å². The van der Waals surface area contributed by atoms with Crippen LogP contribution in [0.4, 0.5) is 5.13 Å². The van der Waals surface area contributed by atoms with Gasteiger partial charge in [0.2, 0.25) is 5.91 Å². The summed E-state index contributed by atoms with van der Waals surface area (Å²) in [7, 11) is -3.41. The molecule has 0 radical (unpaired) electrons. The Hall–Kier alpha value is -1.00. The maximum atomic E-state index is 11.8. The summed E-state index contributed by atoms with van der Waals surface area (Å²) in [4.78, 5) is 16.1. The Morgan fingerprint density at radius 3 is 2.52 bits per heavy atom. The van der Waals surface area contributed by atoms with Crippen LogP contribution in [0.25, 0.3) is 11.3 Å². The van der Waals surface area contributed by atoms with Crippen molar-refractivity contribution in [1.82, 2.24) is 4.98 Å². The molecule has 2 aromatic rings. The molecule has 21 heavy (non-hydrogen) atoms. The lowest BCUT2D eigenvalue weighted by Gasteiger charge is -2.07. The molecule has 0 aliphatic rings. The van der Waals surface area contributed by atoms with E-state index in [1.807, 2.05) is 29.6 Å². The highest BCUT2D eigenvalue weighted by Crippen LogP contribution is 2.25. The average Bonchev–Trinajstić information content (AvgIpc) is 2.86. The zero-order valence-electron chi connectivity index (χ0n) is 11.3. The van der Waals surface area contributed by atoms with Crippen molar-refractivity contribution < 1.29 is 13.2 Å². The van der Waals surface area contributed by atoms with Crippen molar-refractivity contribution in [3.05, 3.63) is 33.2 Å². The van der Waals surface area contributed by atoms with Gasteiger partial charge in [-0.3, -0.25) is 4.79 Å². The Kier molecular flexibility index (Phi) is 4.99. The number of thiazole rings is 1. The number of nitrogens with zero attached hydrogens (tertiary/aromatic N) is 1. The van der Waals surface area contributed by atoms with E-state index >= 15 is 0 Å². The number of hydrogen-bond donors (Lipinski definition) is 1. The lowest BCUT2D eigenvalue weighted by molar-refractivity contribution is -0.115. The monoisotopic (exact) mass is 436 g/mol. The SMILES string of the molecule is CC(C(=O)Nc1nc(-c2ccc(I)cc2)cs1)S(C)(=O)=O. The molecule has 0 aliphatic heterocycles. The van der Waals surface area contributed by atoms with Crippen LogP contribution in [0, 0.1) is 3.57 Å². The number of anilines is 1. The van der Waals surface area contributed by atoms with Crippen molar-refractivity contribution in [2.45, 2.75) is 12.2 Å². The average molecular weight is 436 g/mol. The fourth-order valence-corrected chi connectivity index (χ4v) is 3.02. The third-order valence-electron chi connectivity index (χ3n) is 2.89. The van der Waals surface area contributed by atoms with Gasteiger partial charge in [0.15, 0.2) is 15.0 Å². The number of carbonyl (C=O) groups excluding carboxylic acids is 1. The summed E-state index contributed by atoms with van der Waals surface area (Å²) in [6.45, 7) is 1.36. The number of halogens is 1. The molecule has 0 saturated carbocycles.